The molecule has 47 heavy (non-hydrogen) atoms. The molecule has 0 N–H and O–H groups in total. The lowest BCUT2D eigenvalue weighted by atomic mass is 10.0. The summed E-state index contributed by atoms with van der Waals surface area (Å²) in [7, 11) is 0. The average molecular weight is 686 g/mol. The number of nitrogens with zero attached hydrogens (tertiary/aromatic N) is 4. The van der Waals surface area contributed by atoms with Crippen LogP contribution in [-0.4, -0.2) is 71.4 Å². The number of carbonyl (C=O) groups excluding carboxylic acids is 1. The molecule has 2 aromatic carbocycles. The highest BCUT2D eigenvalue weighted by Gasteiger charge is 2.63. The van der Waals surface area contributed by atoms with Crippen LogP contribution in [0.2, 0.25) is 10.0 Å². The maximum Gasteiger partial charge on any atom is 0.412 e. The Kier molecular flexibility index (Phi) is 10.7. The molecule has 1 aromatic heterocycles. The van der Waals surface area contributed by atoms with E-state index in [4.69, 9.17) is 32.7 Å². The molecule has 256 valence electrons. The SMILES string of the molecule is CC(C)C(OC(=O)N(C(C)C)C1(C)CC1(C)C)n1c(=O)ccc2ccc(OCCCCN3CCN(c4cccc(Cl)c4Cl)CC3)cc21. The summed E-state index contributed by atoms with van der Waals surface area (Å²) >= 11 is 12.7. The predicted molar refractivity (Wildman–Crippen MR) is 192 cm³/mol. The van der Waals surface area contributed by atoms with E-state index in [1.165, 1.54) is 0 Å². The fraction of sp³-hybridized carbons (Fsp3) is 0.568. The smallest absolute Gasteiger partial charge is 0.412 e. The molecule has 1 saturated carbocycles. The van der Waals surface area contributed by atoms with Gasteiger partial charge in [-0.2, -0.15) is 0 Å². The number of fused-ring (bicyclic) bond motifs is 1. The lowest BCUT2D eigenvalue weighted by molar-refractivity contribution is -0.0154. The molecular formula is C37H50Cl2N4O4. The number of hydrogen-bond donors (Lipinski definition) is 0. The van der Waals surface area contributed by atoms with Crippen molar-refractivity contribution in [1.82, 2.24) is 14.4 Å². The van der Waals surface area contributed by atoms with Crippen LogP contribution in [0.15, 0.2) is 53.3 Å². The molecule has 1 aliphatic heterocycles. The lowest BCUT2D eigenvalue weighted by Gasteiger charge is -2.37. The number of hydrogen-bond acceptors (Lipinski definition) is 6. The highest BCUT2D eigenvalue weighted by atomic mass is 35.5. The van der Waals surface area contributed by atoms with Gasteiger partial charge in [0.25, 0.3) is 5.56 Å². The van der Waals surface area contributed by atoms with E-state index >= 15 is 0 Å². The molecule has 2 heterocycles. The Balaban J connectivity index is 1.19. The van der Waals surface area contributed by atoms with Gasteiger partial charge < -0.3 is 14.4 Å². The van der Waals surface area contributed by atoms with Gasteiger partial charge in [-0.1, -0.05) is 57.0 Å². The largest absolute Gasteiger partial charge is 0.494 e. The maximum atomic E-state index is 13.7. The second kappa shape index (κ2) is 14.3. The molecule has 3 aromatic rings. The summed E-state index contributed by atoms with van der Waals surface area (Å²) in [5, 5.41) is 2.09. The third kappa shape index (κ3) is 7.55. The van der Waals surface area contributed by atoms with Crippen molar-refractivity contribution in [3.8, 4) is 5.75 Å². The van der Waals surface area contributed by atoms with Gasteiger partial charge in [-0.05, 0) is 87.7 Å². The highest BCUT2D eigenvalue weighted by molar-refractivity contribution is 6.43. The van der Waals surface area contributed by atoms with Gasteiger partial charge in [0.2, 0.25) is 0 Å². The molecule has 0 radical (unpaired) electrons. The van der Waals surface area contributed by atoms with Gasteiger partial charge in [0.15, 0.2) is 6.23 Å². The minimum Gasteiger partial charge on any atom is -0.494 e. The number of carbonyl (C=O) groups is 1. The molecular weight excluding hydrogens is 635 g/mol. The third-order valence-electron chi connectivity index (χ3n) is 10.1. The summed E-state index contributed by atoms with van der Waals surface area (Å²) in [6.45, 7) is 19.8. The first kappa shape index (κ1) is 35.4. The standard InChI is InChI=1S/C37H50Cl2N4O4/c1-25(2)34(47-35(45)43(26(3)4)37(7)24-36(37,5)6)42-31-23-28(15-13-27(31)14-16-32(42)44)46-22-9-8-17-40-18-20-41(21-19-40)30-12-10-11-29(38)33(30)39/h10-16,23,25-26,34H,8-9,17-22,24H2,1-7H3. The number of unbranched alkanes of at least 4 members (excludes halogenated alkanes) is 1. The maximum absolute atomic E-state index is 13.7. The van der Waals surface area contributed by atoms with Gasteiger partial charge in [0.05, 0.1) is 27.9 Å². The molecule has 2 unspecified atom stereocenters. The summed E-state index contributed by atoms with van der Waals surface area (Å²) in [5.41, 5.74) is 1.19. The minimum absolute atomic E-state index is 0.00748. The van der Waals surface area contributed by atoms with Crippen LogP contribution >= 0.6 is 23.2 Å². The number of halogens is 2. The van der Waals surface area contributed by atoms with Crippen LogP contribution in [0.5, 0.6) is 5.75 Å². The Morgan fingerprint density at radius 2 is 1.64 bits per heavy atom. The van der Waals surface area contributed by atoms with Crippen LogP contribution < -0.4 is 15.2 Å². The molecule has 2 atom stereocenters. The van der Waals surface area contributed by atoms with Crippen LogP contribution in [0.4, 0.5) is 10.5 Å². The number of anilines is 1. The van der Waals surface area contributed by atoms with E-state index in [1.807, 2.05) is 75.1 Å². The fourth-order valence-corrected chi connectivity index (χ4v) is 7.43. The Bertz CT molecular complexity index is 1630. The molecule has 5 rings (SSSR count). The molecule has 10 heteroatoms. The van der Waals surface area contributed by atoms with Crippen LogP contribution in [0.1, 0.15) is 74.0 Å². The number of ether oxygens (including phenoxy) is 2. The van der Waals surface area contributed by atoms with E-state index in [-0.39, 0.29) is 28.5 Å². The molecule has 0 spiro atoms. The van der Waals surface area contributed by atoms with E-state index in [2.05, 4.69) is 30.6 Å². The number of pyridine rings is 1. The van der Waals surface area contributed by atoms with Crippen LogP contribution in [0.3, 0.4) is 0 Å². The Hall–Kier alpha value is -2.94. The first-order valence-electron chi connectivity index (χ1n) is 16.9. The summed E-state index contributed by atoms with van der Waals surface area (Å²) < 4.78 is 14.0. The second-order valence-corrected chi connectivity index (χ2v) is 15.3. The number of piperazine rings is 1. The molecule has 8 nitrogen and oxygen atoms in total. The van der Waals surface area contributed by atoms with Crippen molar-refractivity contribution >= 4 is 45.9 Å². The monoisotopic (exact) mass is 684 g/mol. The van der Waals surface area contributed by atoms with Crippen molar-refractivity contribution in [3.05, 3.63) is 68.9 Å². The first-order chi connectivity index (χ1) is 22.2. The van der Waals surface area contributed by atoms with E-state index in [0.29, 0.717) is 27.9 Å². The van der Waals surface area contributed by atoms with Crippen molar-refractivity contribution < 1.29 is 14.3 Å². The summed E-state index contributed by atoms with van der Waals surface area (Å²) in [6, 6.07) is 14.9. The molecule has 2 aliphatic rings. The summed E-state index contributed by atoms with van der Waals surface area (Å²) in [5.74, 6) is 0.555. The highest BCUT2D eigenvalue weighted by Crippen LogP contribution is 2.60. The molecule has 0 bridgehead atoms. The molecule has 2 fully saturated rings. The third-order valence-corrected chi connectivity index (χ3v) is 10.9. The number of benzene rings is 2. The molecule has 1 amide bonds. The van der Waals surface area contributed by atoms with Crippen molar-refractivity contribution in [3.63, 3.8) is 0 Å². The van der Waals surface area contributed by atoms with Crippen LogP contribution in [0, 0.1) is 11.3 Å². The quantitative estimate of drug-likeness (QED) is 0.178. The zero-order valence-electron chi connectivity index (χ0n) is 28.9. The molecule has 1 aliphatic carbocycles. The molecule has 1 saturated heterocycles. The number of amides is 1. The topological polar surface area (TPSA) is 67.2 Å². The van der Waals surface area contributed by atoms with Crippen molar-refractivity contribution in [2.45, 2.75) is 85.5 Å². The second-order valence-electron chi connectivity index (χ2n) is 14.5. The van der Waals surface area contributed by atoms with Crippen LogP contribution in [0.25, 0.3) is 10.9 Å². The Labute approximate surface area is 289 Å². The van der Waals surface area contributed by atoms with Gasteiger partial charge >= 0.3 is 6.09 Å². The number of rotatable bonds is 12. The summed E-state index contributed by atoms with van der Waals surface area (Å²) in [6.07, 6.45) is 1.68. The zero-order valence-corrected chi connectivity index (χ0v) is 30.4. The van der Waals surface area contributed by atoms with Crippen molar-refractivity contribution in [2.75, 3.05) is 44.2 Å². The van der Waals surface area contributed by atoms with Crippen LogP contribution in [-0.2, 0) is 4.74 Å². The lowest BCUT2D eigenvalue weighted by Crippen LogP contribution is -2.49. The number of aromatic nitrogens is 1. The van der Waals surface area contributed by atoms with Crippen molar-refractivity contribution in [2.24, 2.45) is 11.3 Å². The predicted octanol–water partition coefficient (Wildman–Crippen LogP) is 8.48. The minimum atomic E-state index is -0.768. The Morgan fingerprint density at radius 1 is 0.957 bits per heavy atom. The Morgan fingerprint density at radius 3 is 2.28 bits per heavy atom. The van der Waals surface area contributed by atoms with Gasteiger partial charge in [0.1, 0.15) is 5.75 Å². The van der Waals surface area contributed by atoms with Gasteiger partial charge in [-0.3, -0.25) is 19.2 Å². The van der Waals surface area contributed by atoms with E-state index < -0.39 is 12.3 Å². The van der Waals surface area contributed by atoms with Gasteiger partial charge in [-0.15, -0.1) is 0 Å². The normalized spacial score (nSPS) is 20.1. The van der Waals surface area contributed by atoms with E-state index in [9.17, 15) is 9.59 Å². The van der Waals surface area contributed by atoms with E-state index in [0.717, 1.165) is 63.1 Å². The first-order valence-corrected chi connectivity index (χ1v) is 17.7. The van der Waals surface area contributed by atoms with Gasteiger partial charge in [0, 0.05) is 55.8 Å². The average Bonchev–Trinajstić information content (AvgIpc) is 3.53. The van der Waals surface area contributed by atoms with E-state index in [1.54, 1.807) is 10.6 Å². The summed E-state index contributed by atoms with van der Waals surface area (Å²) in [4.78, 5) is 33.7. The fourth-order valence-electron chi connectivity index (χ4n) is 7.02. The van der Waals surface area contributed by atoms with Crippen molar-refractivity contribution in [1.29, 1.82) is 0 Å². The zero-order chi connectivity index (χ0) is 34.1. The van der Waals surface area contributed by atoms with Gasteiger partial charge in [-0.25, -0.2) is 4.79 Å².